The zero-order valence-corrected chi connectivity index (χ0v) is 12.0. The first-order valence-corrected chi connectivity index (χ1v) is 7.91. The van der Waals surface area contributed by atoms with Crippen LogP contribution in [0.4, 0.5) is 0 Å². The molecule has 1 N–H and O–H groups in total. The normalized spacial score (nSPS) is 29.6. The van der Waals surface area contributed by atoms with Crippen molar-refractivity contribution < 1.29 is 9.59 Å². The molecule has 18 heavy (non-hydrogen) atoms. The summed E-state index contributed by atoms with van der Waals surface area (Å²) in [6.07, 6.45) is 2.25. The molecule has 2 unspecified atom stereocenters. The first-order chi connectivity index (χ1) is 8.58. The van der Waals surface area contributed by atoms with Crippen LogP contribution in [0.15, 0.2) is 0 Å². The van der Waals surface area contributed by atoms with E-state index in [1.807, 2.05) is 16.7 Å². The first kappa shape index (κ1) is 13.7. The Hall–Kier alpha value is -0.710. The van der Waals surface area contributed by atoms with Crippen LogP contribution in [0.2, 0.25) is 0 Å². The Labute approximate surface area is 113 Å². The summed E-state index contributed by atoms with van der Waals surface area (Å²) >= 11 is 1.90. The Morgan fingerprint density at radius 3 is 2.83 bits per heavy atom. The maximum atomic E-state index is 12.5. The highest BCUT2D eigenvalue weighted by molar-refractivity contribution is 7.99. The molecule has 2 aliphatic rings. The van der Waals surface area contributed by atoms with E-state index in [1.54, 1.807) is 0 Å². The van der Waals surface area contributed by atoms with Crippen molar-refractivity contribution in [1.29, 1.82) is 0 Å². The van der Waals surface area contributed by atoms with Gasteiger partial charge >= 0.3 is 0 Å². The smallest absolute Gasteiger partial charge is 0.245 e. The quantitative estimate of drug-likeness (QED) is 0.840. The minimum Gasteiger partial charge on any atom is -0.344 e. The van der Waals surface area contributed by atoms with E-state index >= 15 is 0 Å². The predicted molar refractivity (Wildman–Crippen MR) is 73.4 cm³/mol. The Morgan fingerprint density at radius 1 is 1.44 bits per heavy atom. The van der Waals surface area contributed by atoms with E-state index < -0.39 is 0 Å². The molecule has 102 valence electrons. The molecule has 0 spiro atoms. The van der Waals surface area contributed by atoms with Crippen LogP contribution < -0.4 is 5.32 Å². The molecule has 2 fully saturated rings. The molecule has 0 bridgehead atoms. The van der Waals surface area contributed by atoms with Gasteiger partial charge in [0.15, 0.2) is 0 Å². The van der Waals surface area contributed by atoms with E-state index in [0.29, 0.717) is 24.9 Å². The monoisotopic (exact) mass is 270 g/mol. The summed E-state index contributed by atoms with van der Waals surface area (Å²) in [6.45, 7) is 4.75. The Balaban J connectivity index is 2.09. The van der Waals surface area contributed by atoms with Crippen molar-refractivity contribution in [2.45, 2.75) is 45.2 Å². The Kier molecular flexibility index (Phi) is 4.54. The lowest BCUT2D eigenvalue weighted by Gasteiger charge is -2.29. The summed E-state index contributed by atoms with van der Waals surface area (Å²) in [6, 6.07) is 0.0236. The van der Waals surface area contributed by atoms with Crippen LogP contribution in [0.3, 0.4) is 0 Å². The fourth-order valence-corrected chi connectivity index (χ4v) is 3.85. The van der Waals surface area contributed by atoms with Crippen LogP contribution in [-0.2, 0) is 9.59 Å². The van der Waals surface area contributed by atoms with Crippen LogP contribution in [0.1, 0.15) is 33.1 Å². The van der Waals surface area contributed by atoms with E-state index in [4.69, 9.17) is 0 Å². The highest BCUT2D eigenvalue weighted by Crippen LogP contribution is 2.24. The number of thioether (sulfide) groups is 1. The largest absolute Gasteiger partial charge is 0.344 e. The molecule has 2 saturated heterocycles. The maximum Gasteiger partial charge on any atom is 0.245 e. The zero-order chi connectivity index (χ0) is 13.1. The van der Waals surface area contributed by atoms with Crippen LogP contribution in [-0.4, -0.2) is 46.8 Å². The molecule has 5 heteroatoms. The van der Waals surface area contributed by atoms with Crippen molar-refractivity contribution in [3.8, 4) is 0 Å². The summed E-state index contributed by atoms with van der Waals surface area (Å²) in [5.41, 5.74) is 0. The molecule has 2 rings (SSSR count). The fraction of sp³-hybridized carbons (Fsp3) is 0.846. The average molecular weight is 270 g/mol. The van der Waals surface area contributed by atoms with Crippen LogP contribution in [0, 0.1) is 5.92 Å². The van der Waals surface area contributed by atoms with Crippen LogP contribution in [0.25, 0.3) is 0 Å². The van der Waals surface area contributed by atoms with E-state index in [0.717, 1.165) is 24.3 Å². The third-order valence-electron chi connectivity index (χ3n) is 3.55. The minimum atomic E-state index is -0.314. The average Bonchev–Trinajstić information content (AvgIpc) is 2.77. The minimum absolute atomic E-state index is 0.0159. The van der Waals surface area contributed by atoms with E-state index in [1.165, 1.54) is 0 Å². The number of amides is 2. The summed E-state index contributed by atoms with van der Waals surface area (Å²) in [5, 5.41) is 2.88. The number of carbonyl (C=O) groups excluding carboxylic acids is 2. The lowest BCUT2D eigenvalue weighted by Crippen LogP contribution is -2.49. The van der Waals surface area contributed by atoms with Gasteiger partial charge in [-0.15, -0.1) is 0 Å². The van der Waals surface area contributed by atoms with Crippen molar-refractivity contribution in [2.75, 3.05) is 18.1 Å². The van der Waals surface area contributed by atoms with E-state index in [-0.39, 0.29) is 17.9 Å². The lowest BCUT2D eigenvalue weighted by molar-refractivity contribution is -0.135. The maximum absolute atomic E-state index is 12.5. The number of carbonyl (C=O) groups is 2. The summed E-state index contributed by atoms with van der Waals surface area (Å²) in [7, 11) is 0. The molecular weight excluding hydrogens is 248 g/mol. The predicted octanol–water partition coefficient (Wildman–Crippen LogP) is 1.26. The fourth-order valence-electron chi connectivity index (χ4n) is 2.62. The lowest BCUT2D eigenvalue weighted by atomic mass is 10.0. The molecule has 0 aromatic rings. The van der Waals surface area contributed by atoms with Gasteiger partial charge in [-0.1, -0.05) is 13.8 Å². The van der Waals surface area contributed by atoms with Crippen LogP contribution in [0.5, 0.6) is 0 Å². The third-order valence-corrected chi connectivity index (χ3v) is 4.69. The van der Waals surface area contributed by atoms with Crippen molar-refractivity contribution in [3.63, 3.8) is 0 Å². The van der Waals surface area contributed by atoms with Gasteiger partial charge in [0, 0.05) is 24.8 Å². The van der Waals surface area contributed by atoms with Gasteiger partial charge < -0.3 is 10.2 Å². The SMILES string of the molecule is CC(C)CC1NC(=O)CCN(C2CCSC2)C1=O. The number of nitrogens with one attached hydrogen (secondary N) is 1. The number of nitrogens with zero attached hydrogens (tertiary/aromatic N) is 1. The molecular formula is C13H22N2O2S. The van der Waals surface area contributed by atoms with Crippen LogP contribution >= 0.6 is 11.8 Å². The summed E-state index contributed by atoms with van der Waals surface area (Å²) in [4.78, 5) is 26.2. The van der Waals surface area contributed by atoms with Gasteiger partial charge in [-0.05, 0) is 24.5 Å². The molecule has 0 saturated carbocycles. The van der Waals surface area contributed by atoms with E-state index in [2.05, 4.69) is 19.2 Å². The molecule has 0 radical (unpaired) electrons. The molecule has 2 amide bonds. The van der Waals surface area contributed by atoms with E-state index in [9.17, 15) is 9.59 Å². The first-order valence-electron chi connectivity index (χ1n) is 6.75. The molecule has 2 aliphatic heterocycles. The number of hydrogen-bond donors (Lipinski definition) is 1. The number of hydrogen-bond acceptors (Lipinski definition) is 3. The second kappa shape index (κ2) is 5.95. The molecule has 2 atom stereocenters. The molecule has 4 nitrogen and oxygen atoms in total. The van der Waals surface area contributed by atoms with Crippen molar-refractivity contribution in [2.24, 2.45) is 5.92 Å². The molecule has 2 heterocycles. The van der Waals surface area contributed by atoms with Gasteiger partial charge in [0.05, 0.1) is 0 Å². The van der Waals surface area contributed by atoms with Crippen molar-refractivity contribution in [3.05, 3.63) is 0 Å². The van der Waals surface area contributed by atoms with Gasteiger partial charge in [-0.25, -0.2) is 0 Å². The van der Waals surface area contributed by atoms with Crippen molar-refractivity contribution in [1.82, 2.24) is 10.2 Å². The molecule has 0 aromatic carbocycles. The van der Waals surface area contributed by atoms with Gasteiger partial charge in [0.1, 0.15) is 6.04 Å². The summed E-state index contributed by atoms with van der Waals surface area (Å²) < 4.78 is 0. The van der Waals surface area contributed by atoms with Gasteiger partial charge in [0.25, 0.3) is 0 Å². The zero-order valence-electron chi connectivity index (χ0n) is 11.1. The highest BCUT2D eigenvalue weighted by Gasteiger charge is 2.35. The molecule has 0 aliphatic carbocycles. The second-order valence-electron chi connectivity index (χ2n) is 5.55. The number of rotatable bonds is 3. The third kappa shape index (κ3) is 3.19. The second-order valence-corrected chi connectivity index (χ2v) is 6.70. The van der Waals surface area contributed by atoms with Gasteiger partial charge in [0.2, 0.25) is 11.8 Å². The summed E-state index contributed by atoms with van der Waals surface area (Å²) in [5.74, 6) is 2.71. The Morgan fingerprint density at radius 2 is 2.22 bits per heavy atom. The standard InChI is InChI=1S/C13H22N2O2S/c1-9(2)7-11-13(17)15(5-3-12(16)14-11)10-4-6-18-8-10/h9-11H,3-8H2,1-2H3,(H,14,16). The Bertz CT molecular complexity index is 327. The highest BCUT2D eigenvalue weighted by atomic mass is 32.2. The molecule has 0 aromatic heterocycles. The topological polar surface area (TPSA) is 49.4 Å². The van der Waals surface area contributed by atoms with Gasteiger partial charge in [-0.3, -0.25) is 9.59 Å². The van der Waals surface area contributed by atoms with Gasteiger partial charge in [-0.2, -0.15) is 11.8 Å². The van der Waals surface area contributed by atoms with Crippen molar-refractivity contribution >= 4 is 23.6 Å².